The highest BCUT2D eigenvalue weighted by Crippen LogP contribution is 2.12. The number of aliphatic carboxylic acids is 2. The van der Waals surface area contributed by atoms with Crippen LogP contribution in [0, 0.1) is 0 Å². The molecule has 13 heteroatoms. The topological polar surface area (TPSA) is 228 Å². The second-order valence-electron chi connectivity index (χ2n) is 7.77. The number of benzene rings is 1. The van der Waals surface area contributed by atoms with E-state index in [0.717, 1.165) is 0 Å². The number of hydrogen-bond donors (Lipinski definition) is 8. The van der Waals surface area contributed by atoms with E-state index in [-0.39, 0.29) is 25.0 Å². The van der Waals surface area contributed by atoms with Crippen LogP contribution in [0.25, 0.3) is 0 Å². The van der Waals surface area contributed by atoms with Gasteiger partial charge in [0.05, 0.1) is 12.1 Å². The Morgan fingerprint density at radius 1 is 0.912 bits per heavy atom. The zero-order valence-electron chi connectivity index (χ0n) is 18.7. The molecule has 0 aromatic heterocycles. The van der Waals surface area contributed by atoms with Gasteiger partial charge in [0.2, 0.25) is 17.7 Å². The van der Waals surface area contributed by atoms with Crippen LogP contribution in [-0.4, -0.2) is 80.4 Å². The third-order valence-electron chi connectivity index (χ3n) is 4.81. The number of nitrogens with one attached hydrogen (secondary N) is 3. The lowest BCUT2D eigenvalue weighted by molar-refractivity contribution is -0.145. The Balaban J connectivity index is 2.94. The molecule has 13 nitrogen and oxygen atoms in total. The van der Waals surface area contributed by atoms with Gasteiger partial charge in [-0.1, -0.05) is 12.1 Å². The van der Waals surface area contributed by atoms with Crippen molar-refractivity contribution < 1.29 is 44.4 Å². The van der Waals surface area contributed by atoms with Crippen LogP contribution >= 0.6 is 0 Å². The number of aromatic hydroxyl groups is 1. The van der Waals surface area contributed by atoms with E-state index in [4.69, 9.17) is 10.8 Å². The van der Waals surface area contributed by atoms with E-state index >= 15 is 0 Å². The van der Waals surface area contributed by atoms with Gasteiger partial charge in [-0.25, -0.2) is 4.79 Å². The first-order valence-electron chi connectivity index (χ1n) is 10.4. The zero-order valence-corrected chi connectivity index (χ0v) is 18.7. The lowest BCUT2D eigenvalue weighted by Crippen LogP contribution is -2.58. The fourth-order valence-electron chi connectivity index (χ4n) is 2.81. The average Bonchev–Trinajstić information content (AvgIpc) is 2.75. The van der Waals surface area contributed by atoms with E-state index in [1.807, 2.05) is 0 Å². The van der Waals surface area contributed by atoms with Crippen LogP contribution in [0.4, 0.5) is 0 Å². The second-order valence-corrected chi connectivity index (χ2v) is 7.77. The van der Waals surface area contributed by atoms with Crippen molar-refractivity contribution in [3.05, 3.63) is 29.8 Å². The minimum Gasteiger partial charge on any atom is -0.508 e. The summed E-state index contributed by atoms with van der Waals surface area (Å²) in [6, 6.07) is 0.478. The summed E-state index contributed by atoms with van der Waals surface area (Å²) in [7, 11) is 0. The van der Waals surface area contributed by atoms with Gasteiger partial charge in [0, 0.05) is 12.8 Å². The highest BCUT2D eigenvalue weighted by atomic mass is 16.4. The summed E-state index contributed by atoms with van der Waals surface area (Å²) < 4.78 is 0. The van der Waals surface area contributed by atoms with Crippen LogP contribution < -0.4 is 21.7 Å². The molecule has 0 spiro atoms. The van der Waals surface area contributed by atoms with Crippen molar-refractivity contribution in [2.24, 2.45) is 5.73 Å². The summed E-state index contributed by atoms with van der Waals surface area (Å²) in [5, 5.41) is 43.9. The lowest BCUT2D eigenvalue weighted by atomic mass is 10.0. The minimum absolute atomic E-state index is 0.0237. The smallest absolute Gasteiger partial charge is 0.328 e. The lowest BCUT2D eigenvalue weighted by Gasteiger charge is -2.24. The molecular weight excluding hydrogens is 452 g/mol. The zero-order chi connectivity index (χ0) is 26.0. The van der Waals surface area contributed by atoms with E-state index in [2.05, 4.69) is 16.0 Å². The number of phenols is 1. The molecule has 0 saturated heterocycles. The van der Waals surface area contributed by atoms with Crippen molar-refractivity contribution >= 4 is 29.7 Å². The average molecular weight is 482 g/mol. The molecule has 0 saturated carbocycles. The molecule has 0 aliphatic heterocycles. The van der Waals surface area contributed by atoms with Gasteiger partial charge in [-0.05, 0) is 38.0 Å². The van der Waals surface area contributed by atoms with Gasteiger partial charge in [-0.2, -0.15) is 0 Å². The highest BCUT2D eigenvalue weighted by Gasteiger charge is 2.31. The normalized spacial score (nSPS) is 15.2. The number of aliphatic hydroxyl groups is 1. The number of aliphatic hydroxyl groups excluding tert-OH is 1. The fraction of sp³-hybridized carbons (Fsp3) is 0.476. The summed E-state index contributed by atoms with van der Waals surface area (Å²) >= 11 is 0. The van der Waals surface area contributed by atoms with Crippen LogP contribution in [0.3, 0.4) is 0 Å². The van der Waals surface area contributed by atoms with Crippen molar-refractivity contribution in [2.45, 2.75) is 63.4 Å². The fourth-order valence-corrected chi connectivity index (χ4v) is 2.81. The van der Waals surface area contributed by atoms with Gasteiger partial charge in [0.25, 0.3) is 0 Å². The maximum atomic E-state index is 12.8. The van der Waals surface area contributed by atoms with Gasteiger partial charge in [0.15, 0.2) is 6.04 Å². The molecule has 1 aromatic carbocycles. The number of amides is 3. The molecule has 5 unspecified atom stereocenters. The van der Waals surface area contributed by atoms with Crippen molar-refractivity contribution in [1.29, 1.82) is 0 Å². The molecule has 188 valence electrons. The number of carboxylic acid groups (broad SMARTS) is 2. The number of carboxylic acids is 2. The first-order valence-corrected chi connectivity index (χ1v) is 10.4. The van der Waals surface area contributed by atoms with E-state index in [9.17, 15) is 39.3 Å². The number of hydrogen-bond acceptors (Lipinski definition) is 8. The standard InChI is InChI=1S/C21H30N4O9/c1-10(23-19(31)14(22)7-8-16(28)29)18(30)24-15(9-12-3-5-13(27)6-4-12)20(32)25-17(11(2)26)21(33)34/h3-6,10-11,14-15,17,26-27H,7-9,22H2,1-2H3,(H,23,31)(H,24,30)(H,25,32)(H,28,29)(H,33,34). The molecule has 0 aliphatic rings. The molecule has 0 bridgehead atoms. The maximum Gasteiger partial charge on any atom is 0.328 e. The first-order chi connectivity index (χ1) is 15.8. The van der Waals surface area contributed by atoms with Crippen LogP contribution in [0.1, 0.15) is 32.3 Å². The number of carbonyl (C=O) groups excluding carboxylic acids is 3. The van der Waals surface area contributed by atoms with Gasteiger partial charge in [-0.3, -0.25) is 19.2 Å². The number of carbonyl (C=O) groups is 5. The quantitative estimate of drug-likeness (QED) is 0.155. The summed E-state index contributed by atoms with van der Waals surface area (Å²) in [4.78, 5) is 59.4. The predicted molar refractivity (Wildman–Crippen MR) is 117 cm³/mol. The molecule has 0 radical (unpaired) electrons. The molecule has 0 aliphatic carbocycles. The Bertz CT molecular complexity index is 889. The molecule has 5 atom stereocenters. The molecular formula is C21H30N4O9. The molecule has 0 fully saturated rings. The van der Waals surface area contributed by atoms with Crippen LogP contribution in [0.2, 0.25) is 0 Å². The summed E-state index contributed by atoms with van der Waals surface area (Å²) in [5.41, 5.74) is 6.14. The third-order valence-corrected chi connectivity index (χ3v) is 4.81. The third kappa shape index (κ3) is 9.42. The Labute approximate surface area is 195 Å². The van der Waals surface area contributed by atoms with E-state index in [1.54, 1.807) is 0 Å². The highest BCUT2D eigenvalue weighted by molar-refractivity contribution is 5.94. The monoisotopic (exact) mass is 482 g/mol. The Morgan fingerprint density at radius 3 is 2.00 bits per heavy atom. The van der Waals surface area contributed by atoms with Crippen LogP contribution in [0.5, 0.6) is 5.75 Å². The van der Waals surface area contributed by atoms with Crippen LogP contribution in [-0.2, 0) is 30.4 Å². The van der Waals surface area contributed by atoms with Gasteiger partial charge < -0.3 is 42.1 Å². The molecule has 1 rings (SSSR count). The summed E-state index contributed by atoms with van der Waals surface area (Å²) in [6.07, 6.45) is -1.99. The molecule has 3 amide bonds. The van der Waals surface area contributed by atoms with Crippen LogP contribution in [0.15, 0.2) is 24.3 Å². The summed E-state index contributed by atoms with van der Waals surface area (Å²) in [5.74, 6) is -5.08. The van der Waals surface area contributed by atoms with E-state index in [1.165, 1.54) is 38.1 Å². The Morgan fingerprint density at radius 2 is 1.50 bits per heavy atom. The molecule has 0 heterocycles. The van der Waals surface area contributed by atoms with E-state index in [0.29, 0.717) is 5.56 Å². The summed E-state index contributed by atoms with van der Waals surface area (Å²) in [6.45, 7) is 2.50. The predicted octanol–water partition coefficient (Wildman–Crippen LogP) is -1.93. The maximum absolute atomic E-state index is 12.8. The Hall–Kier alpha value is -3.71. The number of rotatable bonds is 13. The SMILES string of the molecule is CC(NC(=O)C(N)CCC(=O)O)C(=O)NC(Cc1ccc(O)cc1)C(=O)NC(C(=O)O)C(C)O. The first kappa shape index (κ1) is 28.3. The van der Waals surface area contributed by atoms with Gasteiger partial charge in [-0.15, -0.1) is 0 Å². The molecule has 34 heavy (non-hydrogen) atoms. The number of nitrogens with two attached hydrogens (primary N) is 1. The van der Waals surface area contributed by atoms with Crippen molar-refractivity contribution in [3.63, 3.8) is 0 Å². The van der Waals surface area contributed by atoms with Crippen molar-refractivity contribution in [1.82, 2.24) is 16.0 Å². The van der Waals surface area contributed by atoms with Gasteiger partial charge >= 0.3 is 11.9 Å². The second kappa shape index (κ2) is 13.1. The number of phenolic OH excluding ortho intramolecular Hbond substituents is 1. The van der Waals surface area contributed by atoms with E-state index < -0.39 is 59.9 Å². The molecule has 9 N–H and O–H groups in total. The van der Waals surface area contributed by atoms with Crippen molar-refractivity contribution in [2.75, 3.05) is 0 Å². The van der Waals surface area contributed by atoms with Crippen molar-refractivity contribution in [3.8, 4) is 5.75 Å². The molecule has 1 aromatic rings. The van der Waals surface area contributed by atoms with Gasteiger partial charge in [0.1, 0.15) is 17.8 Å². The largest absolute Gasteiger partial charge is 0.508 e. The minimum atomic E-state index is -1.63. The Kier molecular flexibility index (Phi) is 10.9.